The molecule has 1 aromatic rings. The summed E-state index contributed by atoms with van der Waals surface area (Å²) in [6, 6.07) is 9.16. The van der Waals surface area contributed by atoms with Crippen LogP contribution in [0, 0.1) is 38.9 Å². The lowest BCUT2D eigenvalue weighted by atomic mass is 9.79. The van der Waals surface area contributed by atoms with E-state index >= 15 is 0 Å². The van der Waals surface area contributed by atoms with Gasteiger partial charge in [-0.15, -0.1) is 0 Å². The van der Waals surface area contributed by atoms with Crippen molar-refractivity contribution in [1.82, 2.24) is 20.9 Å². The number of piperidine rings is 2. The third kappa shape index (κ3) is 4.11. The number of hydrogen-bond donors (Lipinski definition) is 3. The summed E-state index contributed by atoms with van der Waals surface area (Å²) >= 11 is 0. The Kier molecular flexibility index (Phi) is 6.32. The van der Waals surface area contributed by atoms with E-state index in [0.717, 1.165) is 12.0 Å². The number of likely N-dealkylation sites (tertiary alicyclic amines) is 1. The molecule has 2 unspecified atom stereocenters. The summed E-state index contributed by atoms with van der Waals surface area (Å²) < 4.78 is 0. The van der Waals surface area contributed by atoms with E-state index in [1.54, 1.807) is 4.90 Å². The minimum Gasteiger partial charge on any atom is -0.356 e. The molecule has 0 spiro atoms. The van der Waals surface area contributed by atoms with E-state index in [2.05, 4.69) is 35.9 Å². The zero-order valence-electron chi connectivity index (χ0n) is 23.5. The second-order valence-corrected chi connectivity index (χ2v) is 13.5. The zero-order valence-corrected chi connectivity index (χ0v) is 23.5. The summed E-state index contributed by atoms with van der Waals surface area (Å²) in [4.78, 5) is 54.7. The van der Waals surface area contributed by atoms with Crippen LogP contribution in [-0.4, -0.2) is 59.7 Å². The SMILES string of the molecule is CC(C)(C)[C@H](NC(=O)Cc1ccccc1)C(=O)N1CC23CC2([C@H]1C(=O)N[C@H](C#N)C[C@@H]1CCNC1=O)C3(C)C. The fourth-order valence-corrected chi connectivity index (χ4v) is 7.63. The molecule has 4 amide bonds. The van der Waals surface area contributed by atoms with Gasteiger partial charge in [0.15, 0.2) is 0 Å². The van der Waals surface area contributed by atoms with Gasteiger partial charge in [0.05, 0.1) is 12.5 Å². The molecular formula is C30H39N5O4. The smallest absolute Gasteiger partial charge is 0.246 e. The first-order valence-corrected chi connectivity index (χ1v) is 13.9. The van der Waals surface area contributed by atoms with Gasteiger partial charge >= 0.3 is 0 Å². The molecular weight excluding hydrogens is 494 g/mol. The third-order valence-corrected chi connectivity index (χ3v) is 10.1. The molecule has 39 heavy (non-hydrogen) atoms. The van der Waals surface area contributed by atoms with Crippen LogP contribution in [0.15, 0.2) is 30.3 Å². The van der Waals surface area contributed by atoms with Crippen molar-refractivity contribution in [1.29, 1.82) is 5.26 Å². The maximum atomic E-state index is 14.1. The van der Waals surface area contributed by atoms with Crippen LogP contribution in [0.4, 0.5) is 0 Å². The molecule has 2 aliphatic carbocycles. The Labute approximate surface area is 230 Å². The number of amides is 4. The average molecular weight is 534 g/mol. The summed E-state index contributed by atoms with van der Waals surface area (Å²) in [6.45, 7) is 11.0. The summed E-state index contributed by atoms with van der Waals surface area (Å²) in [5, 5.41) is 18.4. The highest BCUT2D eigenvalue weighted by molar-refractivity contribution is 5.96. The first kappa shape index (κ1) is 27.2. The zero-order chi connectivity index (χ0) is 28.4. The molecule has 1 aromatic carbocycles. The van der Waals surface area contributed by atoms with Crippen molar-refractivity contribution in [2.75, 3.05) is 13.1 Å². The number of benzene rings is 1. The fourth-order valence-electron chi connectivity index (χ4n) is 7.63. The van der Waals surface area contributed by atoms with Crippen molar-refractivity contribution in [2.45, 2.75) is 78.4 Å². The monoisotopic (exact) mass is 533 g/mol. The molecule has 2 saturated carbocycles. The van der Waals surface area contributed by atoms with E-state index < -0.39 is 23.5 Å². The van der Waals surface area contributed by atoms with Gasteiger partial charge in [-0.2, -0.15) is 5.26 Å². The van der Waals surface area contributed by atoms with Crippen molar-refractivity contribution < 1.29 is 19.2 Å². The Bertz CT molecular complexity index is 1250. The van der Waals surface area contributed by atoms with Crippen molar-refractivity contribution in [2.24, 2.45) is 27.6 Å². The van der Waals surface area contributed by atoms with Gasteiger partial charge in [-0.25, -0.2) is 0 Å². The fraction of sp³-hybridized carbons (Fsp3) is 0.633. The van der Waals surface area contributed by atoms with E-state index in [4.69, 9.17) is 0 Å². The second-order valence-electron chi connectivity index (χ2n) is 13.5. The number of carbonyl (C=O) groups excluding carboxylic acids is 4. The van der Waals surface area contributed by atoms with Gasteiger partial charge in [-0.1, -0.05) is 65.0 Å². The molecule has 2 heterocycles. The predicted octanol–water partition coefficient (Wildman–Crippen LogP) is 1.92. The molecule has 3 N–H and O–H groups in total. The van der Waals surface area contributed by atoms with Gasteiger partial charge in [-0.3, -0.25) is 19.2 Å². The molecule has 4 aliphatic rings. The summed E-state index contributed by atoms with van der Waals surface area (Å²) in [5.74, 6) is -1.27. The van der Waals surface area contributed by atoms with Gasteiger partial charge in [0.1, 0.15) is 18.1 Å². The molecule has 208 valence electrons. The van der Waals surface area contributed by atoms with Gasteiger partial charge in [0, 0.05) is 29.8 Å². The van der Waals surface area contributed by atoms with Crippen molar-refractivity contribution in [3.05, 3.63) is 35.9 Å². The number of nitriles is 1. The lowest BCUT2D eigenvalue weighted by Gasteiger charge is -2.42. The summed E-state index contributed by atoms with van der Waals surface area (Å²) in [7, 11) is 0. The molecule has 9 nitrogen and oxygen atoms in total. The highest BCUT2D eigenvalue weighted by Gasteiger charge is 3.02. The van der Waals surface area contributed by atoms with Gasteiger partial charge in [0.2, 0.25) is 23.6 Å². The summed E-state index contributed by atoms with van der Waals surface area (Å²) in [5.41, 5.74) is -0.242. The Balaban J connectivity index is 1.35. The maximum absolute atomic E-state index is 14.1. The minimum atomic E-state index is -0.820. The first-order valence-electron chi connectivity index (χ1n) is 13.9. The molecule has 5 rings (SSSR count). The molecule has 0 radical (unpaired) electrons. The largest absolute Gasteiger partial charge is 0.356 e. The van der Waals surface area contributed by atoms with E-state index in [0.29, 0.717) is 19.5 Å². The van der Waals surface area contributed by atoms with Crippen LogP contribution in [0.5, 0.6) is 0 Å². The van der Waals surface area contributed by atoms with Crippen LogP contribution in [0.2, 0.25) is 0 Å². The number of nitrogens with one attached hydrogen (secondary N) is 3. The van der Waals surface area contributed by atoms with E-state index in [-0.39, 0.29) is 58.6 Å². The average Bonchev–Trinajstić information content (AvgIpc) is 3.44. The van der Waals surface area contributed by atoms with E-state index in [1.165, 1.54) is 0 Å². The van der Waals surface area contributed by atoms with Gasteiger partial charge in [0.25, 0.3) is 0 Å². The van der Waals surface area contributed by atoms with E-state index in [1.807, 2.05) is 51.1 Å². The third-order valence-electron chi connectivity index (χ3n) is 10.1. The molecule has 2 saturated heterocycles. The maximum Gasteiger partial charge on any atom is 0.246 e. The molecule has 2 aliphatic heterocycles. The number of rotatable bonds is 8. The van der Waals surface area contributed by atoms with Crippen molar-refractivity contribution in [3.8, 4) is 6.07 Å². The topological polar surface area (TPSA) is 131 Å². The predicted molar refractivity (Wildman–Crippen MR) is 144 cm³/mol. The van der Waals surface area contributed by atoms with Crippen molar-refractivity contribution >= 4 is 23.6 Å². The Morgan fingerprint density at radius 3 is 2.44 bits per heavy atom. The Morgan fingerprint density at radius 2 is 1.87 bits per heavy atom. The van der Waals surface area contributed by atoms with Crippen LogP contribution in [0.1, 0.15) is 59.4 Å². The molecule has 9 heteroatoms. The van der Waals surface area contributed by atoms with Crippen LogP contribution in [0.3, 0.4) is 0 Å². The number of hydrogen-bond acceptors (Lipinski definition) is 5. The normalized spacial score (nSPS) is 31.2. The van der Waals surface area contributed by atoms with Crippen LogP contribution < -0.4 is 16.0 Å². The van der Waals surface area contributed by atoms with Crippen LogP contribution in [0.25, 0.3) is 0 Å². The first-order chi connectivity index (χ1) is 18.3. The highest BCUT2D eigenvalue weighted by atomic mass is 16.2. The molecule has 0 aromatic heterocycles. The van der Waals surface area contributed by atoms with Gasteiger partial charge in [-0.05, 0) is 35.7 Å². The number of carbonyl (C=O) groups is 4. The lowest BCUT2D eigenvalue weighted by molar-refractivity contribution is -0.148. The Morgan fingerprint density at radius 1 is 1.18 bits per heavy atom. The summed E-state index contributed by atoms with van der Waals surface area (Å²) in [6.07, 6.45) is 1.91. The van der Waals surface area contributed by atoms with Crippen molar-refractivity contribution in [3.63, 3.8) is 0 Å². The quantitative estimate of drug-likeness (QED) is 0.470. The molecule has 4 fully saturated rings. The second kappa shape index (κ2) is 9.07. The van der Waals surface area contributed by atoms with Crippen LogP contribution in [-0.2, 0) is 25.6 Å². The van der Waals surface area contributed by atoms with Gasteiger partial charge < -0.3 is 20.9 Å². The standard InChI is InChI=1S/C30H39N5O4/c1-27(2,3)22(34-21(36)13-18-9-7-6-8-10-18)26(39)35-17-29-16-30(29,28(29,4)5)23(35)25(38)33-20(15-31)14-19-11-12-32-24(19)37/h6-10,19-20,22-23H,11-14,16-17H2,1-5H3,(H,32,37)(H,33,38)(H,34,36)/t19-,20-,22+,23+,29?,30?/m0/s1. The lowest BCUT2D eigenvalue weighted by Crippen LogP contribution is -2.62. The Hall–Kier alpha value is -3.41. The molecule has 6 atom stereocenters. The number of nitrogens with zero attached hydrogens (tertiary/aromatic N) is 2. The minimum absolute atomic E-state index is 0.0833. The highest BCUT2D eigenvalue weighted by Crippen LogP contribution is 3.00. The van der Waals surface area contributed by atoms with Crippen LogP contribution >= 0.6 is 0 Å². The van der Waals surface area contributed by atoms with E-state index in [9.17, 15) is 24.4 Å². The molecule has 0 bridgehead atoms.